The van der Waals surface area contributed by atoms with Crippen molar-refractivity contribution in [3.63, 3.8) is 0 Å². The molecule has 1 amide bonds. The number of aromatic nitrogens is 2. The Morgan fingerprint density at radius 1 is 1.06 bits per heavy atom. The van der Waals surface area contributed by atoms with Crippen molar-refractivity contribution < 1.29 is 17.9 Å². The fraction of sp³-hybridized carbons (Fsp3) is 0.333. The van der Waals surface area contributed by atoms with E-state index in [1.807, 2.05) is 0 Å². The highest BCUT2D eigenvalue weighted by Gasteiger charge is 2.30. The van der Waals surface area contributed by atoms with E-state index in [4.69, 9.17) is 4.74 Å². The van der Waals surface area contributed by atoms with Crippen LogP contribution in [-0.2, 0) is 23.1 Å². The van der Waals surface area contributed by atoms with Crippen LogP contribution in [0.1, 0.15) is 34.5 Å². The van der Waals surface area contributed by atoms with Crippen LogP contribution >= 0.6 is 0 Å². The second-order valence-electron chi connectivity index (χ2n) is 8.64. The molecule has 0 atom stereocenters. The molecule has 178 valence electrons. The quantitative estimate of drug-likeness (QED) is 0.557. The Hall–Kier alpha value is -3.21. The maximum Gasteiger partial charge on any atom is 0.283 e. The predicted octanol–water partition coefficient (Wildman–Crippen LogP) is 2.45. The first-order valence-corrected chi connectivity index (χ1v) is 12.7. The molecule has 1 fully saturated rings. The maximum atomic E-state index is 13.1. The number of benzene rings is 2. The number of carbonyl (C=O) groups is 1. The van der Waals surface area contributed by atoms with E-state index >= 15 is 0 Å². The number of hydrogen-bond donors (Lipinski definition) is 2. The van der Waals surface area contributed by atoms with Gasteiger partial charge in [0.25, 0.3) is 15.9 Å². The van der Waals surface area contributed by atoms with Gasteiger partial charge in [-0.25, -0.2) is 0 Å². The van der Waals surface area contributed by atoms with Crippen molar-refractivity contribution in [2.75, 3.05) is 25.5 Å². The average Bonchev–Trinajstić information content (AvgIpc) is 3.46. The number of carbonyl (C=O) groups excluding carboxylic acids is 1. The standard InChI is InChI=1S/C24H27N5O4S/c1-28-13-11-19(12-14-28)33-18-9-7-17(8-10-18)24(30)26-23-21-15-25-16-22(21)29(27-23)34(31,32)20-5-3-2-4-6-20/h2-10,19,25H,11-16H2,1H3,(H,26,27,30). The number of rotatable bonds is 6. The van der Waals surface area contributed by atoms with Crippen LogP contribution in [0.15, 0.2) is 59.5 Å². The Morgan fingerprint density at radius 2 is 1.76 bits per heavy atom. The zero-order chi connectivity index (χ0) is 23.7. The Bertz CT molecular complexity index is 1280. The number of anilines is 1. The van der Waals surface area contributed by atoms with Crippen LogP contribution in [0.3, 0.4) is 0 Å². The van der Waals surface area contributed by atoms with E-state index in [2.05, 4.69) is 27.7 Å². The van der Waals surface area contributed by atoms with E-state index in [1.54, 1.807) is 42.5 Å². The highest BCUT2D eigenvalue weighted by atomic mass is 32.2. The third-order valence-electron chi connectivity index (χ3n) is 6.24. The summed E-state index contributed by atoms with van der Waals surface area (Å²) in [6.45, 7) is 2.81. The Kier molecular flexibility index (Phi) is 6.11. The molecule has 34 heavy (non-hydrogen) atoms. The van der Waals surface area contributed by atoms with Crippen LogP contribution in [0.4, 0.5) is 5.82 Å². The molecule has 0 saturated carbocycles. The third-order valence-corrected chi connectivity index (χ3v) is 7.86. The van der Waals surface area contributed by atoms with Crippen LogP contribution < -0.4 is 15.4 Å². The maximum absolute atomic E-state index is 13.1. The molecule has 0 spiro atoms. The number of amides is 1. The summed E-state index contributed by atoms with van der Waals surface area (Å²) in [5.74, 6) is 0.618. The van der Waals surface area contributed by atoms with Crippen molar-refractivity contribution in [1.82, 2.24) is 19.4 Å². The average molecular weight is 482 g/mol. The minimum Gasteiger partial charge on any atom is -0.490 e. The first-order chi connectivity index (χ1) is 16.4. The van der Waals surface area contributed by atoms with E-state index in [0.29, 0.717) is 29.9 Å². The molecule has 5 rings (SSSR count). The van der Waals surface area contributed by atoms with Crippen molar-refractivity contribution in [3.05, 3.63) is 71.4 Å². The van der Waals surface area contributed by atoms with Gasteiger partial charge in [-0.3, -0.25) is 4.79 Å². The summed E-state index contributed by atoms with van der Waals surface area (Å²) < 4.78 is 33.3. The first kappa shape index (κ1) is 22.6. The predicted molar refractivity (Wildman–Crippen MR) is 127 cm³/mol. The zero-order valence-electron chi connectivity index (χ0n) is 18.9. The van der Waals surface area contributed by atoms with Crippen molar-refractivity contribution in [2.24, 2.45) is 0 Å². The van der Waals surface area contributed by atoms with Gasteiger partial charge in [-0.15, -0.1) is 5.10 Å². The van der Waals surface area contributed by atoms with E-state index in [0.717, 1.165) is 35.8 Å². The second kappa shape index (κ2) is 9.21. The number of piperidine rings is 1. The summed E-state index contributed by atoms with van der Waals surface area (Å²) in [7, 11) is -1.77. The topological polar surface area (TPSA) is 106 Å². The van der Waals surface area contributed by atoms with Gasteiger partial charge in [0.15, 0.2) is 5.82 Å². The van der Waals surface area contributed by atoms with Gasteiger partial charge in [0.1, 0.15) is 11.9 Å². The largest absolute Gasteiger partial charge is 0.490 e. The Morgan fingerprint density at radius 3 is 2.47 bits per heavy atom. The Labute approximate surface area is 198 Å². The first-order valence-electron chi connectivity index (χ1n) is 11.3. The van der Waals surface area contributed by atoms with Crippen molar-refractivity contribution in [3.8, 4) is 5.75 Å². The molecule has 0 radical (unpaired) electrons. The van der Waals surface area contributed by atoms with Gasteiger partial charge in [0.2, 0.25) is 0 Å². The summed E-state index contributed by atoms with van der Waals surface area (Å²) in [5, 5.41) is 10.2. The highest BCUT2D eigenvalue weighted by molar-refractivity contribution is 7.89. The molecule has 0 unspecified atom stereocenters. The lowest BCUT2D eigenvalue weighted by atomic mass is 10.1. The lowest BCUT2D eigenvalue weighted by Gasteiger charge is -2.29. The number of ether oxygens (including phenoxy) is 1. The van der Waals surface area contributed by atoms with E-state index in [1.165, 1.54) is 12.1 Å². The van der Waals surface area contributed by atoms with Gasteiger partial charge >= 0.3 is 0 Å². The fourth-order valence-electron chi connectivity index (χ4n) is 4.28. The number of likely N-dealkylation sites (tertiary alicyclic amines) is 1. The molecule has 9 nitrogen and oxygen atoms in total. The molecule has 2 aliphatic rings. The van der Waals surface area contributed by atoms with Crippen molar-refractivity contribution >= 4 is 21.7 Å². The normalized spacial score (nSPS) is 16.9. The van der Waals surface area contributed by atoms with E-state index in [9.17, 15) is 13.2 Å². The smallest absolute Gasteiger partial charge is 0.283 e. The number of nitrogens with one attached hydrogen (secondary N) is 2. The number of fused-ring (bicyclic) bond motifs is 1. The van der Waals surface area contributed by atoms with Gasteiger partial charge < -0.3 is 20.3 Å². The summed E-state index contributed by atoms with van der Waals surface area (Å²) in [6, 6.07) is 15.1. The van der Waals surface area contributed by atoms with Crippen molar-refractivity contribution in [1.29, 1.82) is 0 Å². The van der Waals surface area contributed by atoms with Gasteiger partial charge in [0.05, 0.1) is 10.6 Å². The summed E-state index contributed by atoms with van der Waals surface area (Å²) >= 11 is 0. The van der Waals surface area contributed by atoms with Gasteiger partial charge in [-0.05, 0) is 56.3 Å². The van der Waals surface area contributed by atoms with Gasteiger partial charge in [-0.1, -0.05) is 18.2 Å². The second-order valence-corrected chi connectivity index (χ2v) is 10.4. The number of hydrogen-bond acceptors (Lipinski definition) is 7. The van der Waals surface area contributed by atoms with E-state index in [-0.39, 0.29) is 22.7 Å². The summed E-state index contributed by atoms with van der Waals surface area (Å²) in [4.78, 5) is 15.3. The molecule has 3 heterocycles. The van der Waals surface area contributed by atoms with Crippen LogP contribution in [0, 0.1) is 0 Å². The SMILES string of the molecule is CN1CCC(Oc2ccc(C(=O)Nc3nn(S(=O)(=O)c4ccccc4)c4c3CNC4)cc2)CC1. The zero-order valence-corrected chi connectivity index (χ0v) is 19.7. The van der Waals surface area contributed by atoms with Crippen LogP contribution in [0.5, 0.6) is 5.75 Å². The van der Waals surface area contributed by atoms with Crippen LogP contribution in [-0.4, -0.2) is 54.7 Å². The molecule has 2 aromatic carbocycles. The molecule has 1 aromatic heterocycles. The molecule has 10 heteroatoms. The summed E-state index contributed by atoms with van der Waals surface area (Å²) in [5.41, 5.74) is 1.65. The lowest BCUT2D eigenvalue weighted by molar-refractivity contribution is 0.102. The molecule has 1 saturated heterocycles. The monoisotopic (exact) mass is 481 g/mol. The van der Waals surface area contributed by atoms with Gasteiger partial charge in [0, 0.05) is 37.3 Å². The molecular weight excluding hydrogens is 454 g/mol. The van der Waals surface area contributed by atoms with Crippen LogP contribution in [0.25, 0.3) is 0 Å². The molecule has 3 aromatic rings. The van der Waals surface area contributed by atoms with E-state index < -0.39 is 10.0 Å². The molecule has 0 bridgehead atoms. The minimum absolute atomic E-state index is 0.144. The third kappa shape index (κ3) is 4.44. The van der Waals surface area contributed by atoms with Gasteiger partial charge in [-0.2, -0.15) is 12.5 Å². The molecule has 0 aliphatic carbocycles. The lowest BCUT2D eigenvalue weighted by Crippen LogP contribution is -2.35. The molecule has 2 N–H and O–H groups in total. The minimum atomic E-state index is -3.87. The van der Waals surface area contributed by atoms with Crippen LogP contribution in [0.2, 0.25) is 0 Å². The fourth-order valence-corrected chi connectivity index (χ4v) is 5.64. The highest BCUT2D eigenvalue weighted by Crippen LogP contribution is 2.28. The number of nitrogens with zero attached hydrogens (tertiary/aromatic N) is 3. The Balaban J connectivity index is 1.32. The van der Waals surface area contributed by atoms with Crippen molar-refractivity contribution in [2.45, 2.75) is 36.9 Å². The molecule has 2 aliphatic heterocycles. The molecular formula is C24H27N5O4S. The summed E-state index contributed by atoms with van der Waals surface area (Å²) in [6.07, 6.45) is 2.14.